The topological polar surface area (TPSA) is 70.7 Å². The Morgan fingerprint density at radius 2 is 1.96 bits per heavy atom. The fourth-order valence-corrected chi connectivity index (χ4v) is 3.28. The van der Waals surface area contributed by atoms with Crippen molar-refractivity contribution in [3.05, 3.63) is 35.9 Å². The number of carbonyl (C=O) groups is 2. The Hall–Kier alpha value is -1.92. The molecule has 1 aliphatic carbocycles. The lowest BCUT2D eigenvalue weighted by molar-refractivity contribution is -0.196. The molecule has 1 aromatic rings. The molecule has 0 saturated heterocycles. The summed E-state index contributed by atoms with van der Waals surface area (Å²) in [5.74, 6) is 0.405. The summed E-state index contributed by atoms with van der Waals surface area (Å²) in [7, 11) is 0. The molecule has 26 heavy (non-hydrogen) atoms. The molecule has 1 aromatic carbocycles. The minimum Gasteiger partial charge on any atom is -0.289 e. The summed E-state index contributed by atoms with van der Waals surface area (Å²) in [4.78, 5) is 29.9. The maximum atomic E-state index is 12.6. The molecule has 1 atom stereocenters. The Balaban J connectivity index is 1.97. The molecular weight excluding hydrogens is 330 g/mol. The standard InChI is InChI=1S/C20H31N3O3/c1-16(2)21-22-20(25)19(13-12-17-8-6-7-9-17)23(15-24)26-14-18-10-4-3-5-11-18/h3-5,10-11,15-17,19,21H,6-9,12-14H2,1-2H3,(H,22,25). The van der Waals surface area contributed by atoms with Crippen molar-refractivity contribution in [2.24, 2.45) is 5.92 Å². The number of nitrogens with zero attached hydrogens (tertiary/aromatic N) is 1. The molecule has 1 unspecified atom stereocenters. The first-order valence-electron chi connectivity index (χ1n) is 9.56. The van der Waals surface area contributed by atoms with Crippen molar-refractivity contribution in [2.75, 3.05) is 0 Å². The van der Waals surface area contributed by atoms with Gasteiger partial charge in [-0.1, -0.05) is 56.0 Å². The fourth-order valence-electron chi connectivity index (χ4n) is 3.28. The summed E-state index contributed by atoms with van der Waals surface area (Å²) in [5, 5.41) is 1.17. The third kappa shape index (κ3) is 6.77. The molecule has 0 aliphatic heterocycles. The molecule has 144 valence electrons. The van der Waals surface area contributed by atoms with Gasteiger partial charge in [0, 0.05) is 6.04 Å². The summed E-state index contributed by atoms with van der Waals surface area (Å²) >= 11 is 0. The van der Waals surface area contributed by atoms with Crippen molar-refractivity contribution in [3.63, 3.8) is 0 Å². The summed E-state index contributed by atoms with van der Waals surface area (Å²) in [6.45, 7) is 4.14. The number of hydrazine groups is 1. The summed E-state index contributed by atoms with van der Waals surface area (Å²) in [6.07, 6.45) is 7.09. The molecule has 2 amide bonds. The normalized spacial score (nSPS) is 15.8. The van der Waals surface area contributed by atoms with E-state index in [1.807, 2.05) is 44.2 Å². The van der Waals surface area contributed by atoms with E-state index < -0.39 is 6.04 Å². The number of hydrogen-bond donors (Lipinski definition) is 2. The van der Waals surface area contributed by atoms with Crippen LogP contribution in [0.25, 0.3) is 0 Å². The predicted octanol–water partition coefficient (Wildman–Crippen LogP) is 2.94. The first-order valence-corrected chi connectivity index (χ1v) is 9.56. The van der Waals surface area contributed by atoms with E-state index in [9.17, 15) is 9.59 Å². The summed E-state index contributed by atoms with van der Waals surface area (Å²) in [5.41, 5.74) is 6.56. The molecule has 6 heteroatoms. The Bertz CT molecular complexity index is 544. The van der Waals surface area contributed by atoms with Crippen molar-refractivity contribution in [3.8, 4) is 0 Å². The van der Waals surface area contributed by atoms with Crippen molar-refractivity contribution in [2.45, 2.75) is 71.1 Å². The third-order valence-corrected chi connectivity index (χ3v) is 4.74. The fraction of sp³-hybridized carbons (Fsp3) is 0.600. The second-order valence-corrected chi connectivity index (χ2v) is 7.26. The molecule has 0 heterocycles. The van der Waals surface area contributed by atoms with E-state index in [1.54, 1.807) is 0 Å². The van der Waals surface area contributed by atoms with Gasteiger partial charge in [0.2, 0.25) is 6.41 Å². The molecular formula is C20H31N3O3. The first kappa shape index (κ1) is 20.4. The second kappa shape index (κ2) is 10.9. The number of rotatable bonds is 11. The number of hydroxylamine groups is 2. The van der Waals surface area contributed by atoms with Gasteiger partial charge < -0.3 is 0 Å². The second-order valence-electron chi connectivity index (χ2n) is 7.26. The van der Waals surface area contributed by atoms with E-state index in [1.165, 1.54) is 30.7 Å². The lowest BCUT2D eigenvalue weighted by Gasteiger charge is -2.27. The van der Waals surface area contributed by atoms with Gasteiger partial charge in [0.1, 0.15) is 12.6 Å². The molecule has 2 N–H and O–H groups in total. The average Bonchev–Trinajstić information content (AvgIpc) is 3.16. The Labute approximate surface area is 156 Å². The zero-order chi connectivity index (χ0) is 18.8. The SMILES string of the molecule is CC(C)NNC(=O)C(CCC1CCCC1)N(C=O)OCc1ccccc1. The van der Waals surface area contributed by atoms with Crippen LogP contribution in [0, 0.1) is 5.92 Å². The maximum absolute atomic E-state index is 12.6. The number of benzene rings is 1. The van der Waals surface area contributed by atoms with Gasteiger partial charge >= 0.3 is 0 Å². The van der Waals surface area contributed by atoms with Crippen molar-refractivity contribution < 1.29 is 14.4 Å². The van der Waals surface area contributed by atoms with Gasteiger partial charge in [0.15, 0.2) is 0 Å². The quantitative estimate of drug-likeness (QED) is 0.470. The number of hydrogen-bond acceptors (Lipinski definition) is 4. The van der Waals surface area contributed by atoms with Gasteiger partial charge in [-0.05, 0) is 38.2 Å². The molecule has 1 saturated carbocycles. The van der Waals surface area contributed by atoms with Gasteiger partial charge in [-0.2, -0.15) is 0 Å². The van der Waals surface area contributed by atoms with Gasteiger partial charge in [-0.3, -0.25) is 19.9 Å². The molecule has 0 bridgehead atoms. The molecule has 0 spiro atoms. The highest BCUT2D eigenvalue weighted by molar-refractivity contribution is 5.82. The first-order chi connectivity index (χ1) is 12.6. The molecule has 0 radical (unpaired) electrons. The van der Waals surface area contributed by atoms with Crippen LogP contribution in [0.1, 0.15) is 57.9 Å². The van der Waals surface area contributed by atoms with Gasteiger partial charge in [-0.15, -0.1) is 0 Å². The third-order valence-electron chi connectivity index (χ3n) is 4.74. The zero-order valence-electron chi connectivity index (χ0n) is 15.8. The smallest absolute Gasteiger partial charge is 0.259 e. The van der Waals surface area contributed by atoms with Crippen LogP contribution < -0.4 is 10.9 Å². The van der Waals surface area contributed by atoms with E-state index >= 15 is 0 Å². The average molecular weight is 361 g/mol. The lowest BCUT2D eigenvalue weighted by Crippen LogP contribution is -2.52. The van der Waals surface area contributed by atoms with Crippen LogP contribution in [-0.2, 0) is 21.0 Å². The monoisotopic (exact) mass is 361 g/mol. The van der Waals surface area contributed by atoms with Crippen LogP contribution >= 0.6 is 0 Å². The van der Waals surface area contributed by atoms with E-state index in [0.717, 1.165) is 12.0 Å². The minimum atomic E-state index is -0.636. The van der Waals surface area contributed by atoms with Gasteiger partial charge in [0.05, 0.1) is 0 Å². The van der Waals surface area contributed by atoms with E-state index in [-0.39, 0.29) is 18.6 Å². The van der Waals surface area contributed by atoms with Crippen molar-refractivity contribution in [1.82, 2.24) is 15.9 Å². The maximum Gasteiger partial charge on any atom is 0.259 e. The van der Waals surface area contributed by atoms with Crippen LogP contribution in [0.2, 0.25) is 0 Å². The highest BCUT2D eigenvalue weighted by Gasteiger charge is 2.28. The van der Waals surface area contributed by atoms with Crippen LogP contribution in [0.5, 0.6) is 0 Å². The van der Waals surface area contributed by atoms with Crippen LogP contribution in [0.15, 0.2) is 30.3 Å². The highest BCUT2D eigenvalue weighted by Crippen LogP contribution is 2.29. The molecule has 2 rings (SSSR count). The van der Waals surface area contributed by atoms with Gasteiger partial charge in [0.25, 0.3) is 5.91 Å². The number of amides is 2. The number of nitrogens with one attached hydrogen (secondary N) is 2. The van der Waals surface area contributed by atoms with Crippen LogP contribution in [0.3, 0.4) is 0 Å². The highest BCUT2D eigenvalue weighted by atomic mass is 16.7. The van der Waals surface area contributed by atoms with Crippen molar-refractivity contribution >= 4 is 12.3 Å². The summed E-state index contributed by atoms with van der Waals surface area (Å²) in [6, 6.07) is 9.10. The summed E-state index contributed by atoms with van der Waals surface area (Å²) < 4.78 is 0. The molecule has 6 nitrogen and oxygen atoms in total. The molecule has 1 aliphatic rings. The lowest BCUT2D eigenvalue weighted by atomic mass is 9.98. The Kier molecular flexibility index (Phi) is 8.58. The van der Waals surface area contributed by atoms with Gasteiger partial charge in [-0.25, -0.2) is 10.5 Å². The Morgan fingerprint density at radius 1 is 1.27 bits per heavy atom. The van der Waals surface area contributed by atoms with E-state index in [4.69, 9.17) is 4.84 Å². The zero-order valence-corrected chi connectivity index (χ0v) is 15.8. The van der Waals surface area contributed by atoms with Crippen LogP contribution in [-0.4, -0.2) is 29.5 Å². The minimum absolute atomic E-state index is 0.115. The largest absolute Gasteiger partial charge is 0.289 e. The number of carbonyl (C=O) groups excluding carboxylic acids is 2. The Morgan fingerprint density at radius 3 is 2.58 bits per heavy atom. The van der Waals surface area contributed by atoms with E-state index in [0.29, 0.717) is 18.7 Å². The molecule has 0 aromatic heterocycles. The van der Waals surface area contributed by atoms with E-state index in [2.05, 4.69) is 10.9 Å². The predicted molar refractivity (Wildman–Crippen MR) is 101 cm³/mol. The van der Waals surface area contributed by atoms with Crippen LogP contribution in [0.4, 0.5) is 0 Å². The molecule has 1 fully saturated rings. The van der Waals surface area contributed by atoms with Crippen molar-refractivity contribution in [1.29, 1.82) is 0 Å².